The Hall–Kier alpha value is -2.90. The first-order chi connectivity index (χ1) is 13.7. The molecule has 0 saturated heterocycles. The number of rotatable bonds is 4. The first-order valence-electron chi connectivity index (χ1n) is 8.94. The van der Waals surface area contributed by atoms with Crippen LogP contribution in [0.15, 0.2) is 48.1 Å². The van der Waals surface area contributed by atoms with Gasteiger partial charge in [0.2, 0.25) is 0 Å². The molecule has 0 atom stereocenters. The molecule has 0 unspecified atom stereocenters. The highest BCUT2D eigenvalue weighted by Crippen LogP contribution is 2.36. The molecule has 0 aliphatic heterocycles. The van der Waals surface area contributed by atoms with E-state index in [4.69, 9.17) is 0 Å². The van der Waals surface area contributed by atoms with E-state index in [-0.39, 0.29) is 0 Å². The van der Waals surface area contributed by atoms with Gasteiger partial charge in [0, 0.05) is 16.8 Å². The maximum Gasteiger partial charge on any atom is 0.149 e. The summed E-state index contributed by atoms with van der Waals surface area (Å²) in [4.78, 5) is 11.2. The summed E-state index contributed by atoms with van der Waals surface area (Å²) in [5.41, 5.74) is 5.47. The van der Waals surface area contributed by atoms with E-state index in [1.165, 1.54) is 16.0 Å². The summed E-state index contributed by atoms with van der Waals surface area (Å²) in [7, 11) is 0. The van der Waals surface area contributed by atoms with Gasteiger partial charge in [-0.1, -0.05) is 30.3 Å². The van der Waals surface area contributed by atoms with E-state index in [0.29, 0.717) is 6.54 Å². The lowest BCUT2D eigenvalue weighted by atomic mass is 10.1. The number of aromatic nitrogens is 4. The number of thiophene rings is 2. The number of aryl methyl sites for hydroxylation is 2. The molecule has 5 aromatic rings. The molecule has 5 nitrogen and oxygen atoms in total. The Labute approximate surface area is 170 Å². The number of hydrogen-bond acceptors (Lipinski definition) is 7. The normalized spacial score (nSPS) is 11.4. The van der Waals surface area contributed by atoms with Crippen molar-refractivity contribution in [2.45, 2.75) is 20.4 Å². The van der Waals surface area contributed by atoms with Crippen LogP contribution in [0.4, 0.5) is 5.82 Å². The van der Waals surface area contributed by atoms with Crippen LogP contribution in [-0.4, -0.2) is 20.2 Å². The van der Waals surface area contributed by atoms with Crippen molar-refractivity contribution >= 4 is 48.9 Å². The monoisotopic (exact) mass is 403 g/mol. The Morgan fingerprint density at radius 1 is 1.00 bits per heavy atom. The van der Waals surface area contributed by atoms with Gasteiger partial charge in [-0.3, -0.25) is 0 Å². The predicted octanol–water partition coefficient (Wildman–Crippen LogP) is 5.59. The molecule has 0 aliphatic carbocycles. The molecule has 1 aromatic carbocycles. The number of benzene rings is 1. The van der Waals surface area contributed by atoms with Crippen LogP contribution < -0.4 is 5.32 Å². The molecule has 4 heterocycles. The second-order valence-corrected chi connectivity index (χ2v) is 8.57. The predicted molar refractivity (Wildman–Crippen MR) is 117 cm³/mol. The topological polar surface area (TPSA) is 63.6 Å². The van der Waals surface area contributed by atoms with Gasteiger partial charge in [-0.05, 0) is 42.0 Å². The fourth-order valence-corrected chi connectivity index (χ4v) is 5.06. The quantitative estimate of drug-likeness (QED) is 0.424. The van der Waals surface area contributed by atoms with Crippen LogP contribution in [0.5, 0.6) is 0 Å². The molecule has 0 fully saturated rings. The van der Waals surface area contributed by atoms with Crippen molar-refractivity contribution in [1.29, 1.82) is 0 Å². The Balaban J connectivity index is 1.45. The van der Waals surface area contributed by atoms with Gasteiger partial charge in [-0.2, -0.15) is 5.10 Å². The van der Waals surface area contributed by atoms with Crippen molar-refractivity contribution in [3.8, 4) is 10.4 Å². The summed E-state index contributed by atoms with van der Waals surface area (Å²) in [5, 5.41) is 15.2. The van der Waals surface area contributed by atoms with E-state index in [9.17, 15) is 0 Å². The van der Waals surface area contributed by atoms with Crippen LogP contribution in [0.1, 0.15) is 16.8 Å². The van der Waals surface area contributed by atoms with Crippen LogP contribution in [-0.2, 0) is 6.54 Å². The van der Waals surface area contributed by atoms with Crippen molar-refractivity contribution in [3.05, 3.63) is 64.9 Å². The van der Waals surface area contributed by atoms with Gasteiger partial charge >= 0.3 is 0 Å². The summed E-state index contributed by atoms with van der Waals surface area (Å²) < 4.78 is 1.02. The zero-order chi connectivity index (χ0) is 19.1. The fourth-order valence-electron chi connectivity index (χ4n) is 3.22. The van der Waals surface area contributed by atoms with Crippen LogP contribution in [0.2, 0.25) is 0 Å². The third kappa shape index (κ3) is 2.93. The van der Waals surface area contributed by atoms with Gasteiger partial charge in [-0.15, -0.1) is 27.8 Å². The van der Waals surface area contributed by atoms with Crippen LogP contribution in [0.25, 0.3) is 30.9 Å². The third-order valence-corrected chi connectivity index (χ3v) is 6.87. The summed E-state index contributed by atoms with van der Waals surface area (Å²) in [5.74, 6) is 0.840. The molecule has 0 radical (unpaired) electrons. The molecule has 7 heteroatoms. The van der Waals surface area contributed by atoms with Crippen LogP contribution in [0.3, 0.4) is 0 Å². The average Bonchev–Trinajstić information content (AvgIpc) is 3.38. The molecule has 0 aliphatic rings. The highest BCUT2D eigenvalue weighted by Gasteiger charge is 2.15. The second kappa shape index (κ2) is 6.92. The second-order valence-electron chi connectivity index (χ2n) is 6.62. The van der Waals surface area contributed by atoms with Crippen molar-refractivity contribution in [2.75, 3.05) is 5.32 Å². The van der Waals surface area contributed by atoms with E-state index in [2.05, 4.69) is 74.2 Å². The Morgan fingerprint density at radius 3 is 2.64 bits per heavy atom. The summed E-state index contributed by atoms with van der Waals surface area (Å²) in [6.45, 7) is 4.75. The molecule has 0 amide bonds. The molecule has 138 valence electrons. The SMILES string of the molecule is Cc1nnc2sc3c(NCc4ccc(-c5cccs5)cc4)ncnc3c2c1C. The van der Waals surface area contributed by atoms with Crippen molar-refractivity contribution in [3.63, 3.8) is 0 Å². The van der Waals surface area contributed by atoms with E-state index in [0.717, 1.165) is 37.5 Å². The van der Waals surface area contributed by atoms with Crippen LogP contribution in [0, 0.1) is 13.8 Å². The molecular weight excluding hydrogens is 386 g/mol. The van der Waals surface area contributed by atoms with Crippen molar-refractivity contribution < 1.29 is 0 Å². The van der Waals surface area contributed by atoms with Crippen molar-refractivity contribution in [1.82, 2.24) is 20.2 Å². The summed E-state index contributed by atoms with van der Waals surface area (Å²) in [6.07, 6.45) is 1.62. The smallest absolute Gasteiger partial charge is 0.149 e. The van der Waals surface area contributed by atoms with Gasteiger partial charge < -0.3 is 5.32 Å². The van der Waals surface area contributed by atoms with E-state index < -0.39 is 0 Å². The third-order valence-electron chi connectivity index (χ3n) is 4.88. The molecule has 28 heavy (non-hydrogen) atoms. The fraction of sp³-hybridized carbons (Fsp3) is 0.143. The maximum atomic E-state index is 4.52. The Bertz CT molecular complexity index is 1270. The number of nitrogens with one attached hydrogen (secondary N) is 1. The molecule has 4 aromatic heterocycles. The Morgan fingerprint density at radius 2 is 1.86 bits per heavy atom. The first kappa shape index (κ1) is 17.2. The highest BCUT2D eigenvalue weighted by atomic mass is 32.1. The lowest BCUT2D eigenvalue weighted by molar-refractivity contribution is 1.01. The molecular formula is C21H17N5S2. The van der Waals surface area contributed by atoms with E-state index >= 15 is 0 Å². The highest BCUT2D eigenvalue weighted by molar-refractivity contribution is 7.26. The average molecular weight is 404 g/mol. The van der Waals surface area contributed by atoms with Gasteiger partial charge in [-0.25, -0.2) is 9.97 Å². The molecule has 1 N–H and O–H groups in total. The lowest BCUT2D eigenvalue weighted by Gasteiger charge is -2.07. The number of nitrogens with zero attached hydrogens (tertiary/aromatic N) is 4. The van der Waals surface area contributed by atoms with Gasteiger partial charge in [0.1, 0.15) is 17.0 Å². The zero-order valence-corrected chi connectivity index (χ0v) is 17.1. The zero-order valence-electron chi connectivity index (χ0n) is 15.4. The van der Waals surface area contributed by atoms with Gasteiger partial charge in [0.05, 0.1) is 15.9 Å². The lowest BCUT2D eigenvalue weighted by Crippen LogP contribution is -2.01. The maximum absolute atomic E-state index is 4.52. The number of anilines is 1. The largest absolute Gasteiger partial charge is 0.365 e. The number of fused-ring (bicyclic) bond motifs is 3. The van der Waals surface area contributed by atoms with E-state index in [1.54, 1.807) is 29.0 Å². The van der Waals surface area contributed by atoms with E-state index in [1.807, 2.05) is 6.92 Å². The minimum absolute atomic E-state index is 0.703. The molecule has 0 bridgehead atoms. The molecule has 5 rings (SSSR count). The minimum atomic E-state index is 0.703. The van der Waals surface area contributed by atoms with Crippen molar-refractivity contribution in [2.24, 2.45) is 0 Å². The number of hydrogen-bond donors (Lipinski definition) is 1. The summed E-state index contributed by atoms with van der Waals surface area (Å²) in [6, 6.07) is 12.9. The molecule has 0 saturated carbocycles. The van der Waals surface area contributed by atoms with Crippen LogP contribution >= 0.6 is 22.7 Å². The first-order valence-corrected chi connectivity index (χ1v) is 10.6. The standard InChI is InChI=1S/C21H17N5S2/c1-12-13(2)25-26-21-17(12)18-19(28-21)20(24-11-23-18)22-10-14-5-7-15(8-6-14)16-4-3-9-27-16/h3-9,11H,10H2,1-2H3,(H,22,23,24). The minimum Gasteiger partial charge on any atom is -0.365 e. The summed E-state index contributed by atoms with van der Waals surface area (Å²) >= 11 is 3.34. The van der Waals surface area contributed by atoms with Gasteiger partial charge in [0.25, 0.3) is 0 Å². The molecule has 0 spiro atoms. The van der Waals surface area contributed by atoms with Gasteiger partial charge in [0.15, 0.2) is 0 Å². The Kier molecular flexibility index (Phi) is 4.26.